The van der Waals surface area contributed by atoms with E-state index >= 15 is 0 Å². The number of unbranched alkanes of at least 4 members (excludes halogenated alkanes) is 1. The van der Waals surface area contributed by atoms with Crippen LogP contribution in [0.3, 0.4) is 0 Å². The molecule has 0 radical (unpaired) electrons. The van der Waals surface area contributed by atoms with Gasteiger partial charge in [0, 0.05) is 19.0 Å². The Labute approximate surface area is 180 Å². The van der Waals surface area contributed by atoms with E-state index in [2.05, 4.69) is 24.5 Å². The minimum absolute atomic E-state index is 0. The molecule has 0 saturated carbocycles. The largest absolute Gasteiger partial charge is 0.497 e. The van der Waals surface area contributed by atoms with E-state index in [1.54, 1.807) is 7.11 Å². The van der Waals surface area contributed by atoms with Crippen LogP contribution in [0, 0.1) is 11.8 Å². The van der Waals surface area contributed by atoms with Crippen LogP contribution in [0.2, 0.25) is 0 Å². The van der Waals surface area contributed by atoms with Gasteiger partial charge in [-0.1, -0.05) is 32.4 Å². The number of methoxy groups -OCH3 is 1. The van der Waals surface area contributed by atoms with Gasteiger partial charge in [0.1, 0.15) is 5.75 Å². The molecule has 1 aromatic rings. The van der Waals surface area contributed by atoms with Crippen molar-refractivity contribution in [2.45, 2.75) is 51.6 Å². The molecule has 1 aromatic carbocycles. The van der Waals surface area contributed by atoms with Gasteiger partial charge < -0.3 is 20.3 Å². The molecule has 3 rings (SSSR count). The molecule has 2 aliphatic heterocycles. The van der Waals surface area contributed by atoms with E-state index in [1.165, 1.54) is 0 Å². The van der Waals surface area contributed by atoms with E-state index < -0.39 is 0 Å². The number of hydrogen-bond acceptors (Lipinski definition) is 4. The van der Waals surface area contributed by atoms with Crippen LogP contribution < -0.4 is 15.4 Å². The van der Waals surface area contributed by atoms with Crippen LogP contribution in [0.15, 0.2) is 24.3 Å². The fourth-order valence-electron chi connectivity index (χ4n) is 4.35. The number of amides is 2. The highest BCUT2D eigenvalue weighted by molar-refractivity contribution is 5.90. The predicted molar refractivity (Wildman–Crippen MR) is 116 cm³/mol. The van der Waals surface area contributed by atoms with Crippen LogP contribution in [-0.2, 0) is 9.59 Å². The van der Waals surface area contributed by atoms with Crippen molar-refractivity contribution in [3.8, 4) is 5.75 Å². The maximum Gasteiger partial charge on any atom is 0.226 e. The second-order valence-electron chi connectivity index (χ2n) is 8.05. The highest BCUT2D eigenvalue weighted by Crippen LogP contribution is 2.39. The summed E-state index contributed by atoms with van der Waals surface area (Å²) in [5.74, 6) is 0.905. The van der Waals surface area contributed by atoms with Crippen LogP contribution >= 0.6 is 12.4 Å². The number of nitrogens with zero attached hydrogens (tertiary/aromatic N) is 1. The maximum atomic E-state index is 13.2. The van der Waals surface area contributed by atoms with Gasteiger partial charge in [0.05, 0.1) is 19.1 Å². The molecule has 0 spiro atoms. The third-order valence-corrected chi connectivity index (χ3v) is 6.09. The van der Waals surface area contributed by atoms with Crippen LogP contribution in [0.4, 0.5) is 0 Å². The number of nitrogens with one attached hydrogen (secondary N) is 2. The first-order chi connectivity index (χ1) is 13.5. The molecule has 4 atom stereocenters. The smallest absolute Gasteiger partial charge is 0.226 e. The second kappa shape index (κ2) is 10.8. The third-order valence-electron chi connectivity index (χ3n) is 6.09. The first-order valence-electron chi connectivity index (χ1n) is 10.5. The van der Waals surface area contributed by atoms with E-state index in [-0.39, 0.29) is 48.6 Å². The Kier molecular flexibility index (Phi) is 8.78. The zero-order chi connectivity index (χ0) is 20.1. The summed E-state index contributed by atoms with van der Waals surface area (Å²) >= 11 is 0. The summed E-state index contributed by atoms with van der Waals surface area (Å²) in [7, 11) is 1.64. The second-order valence-corrected chi connectivity index (χ2v) is 8.05. The van der Waals surface area contributed by atoms with Gasteiger partial charge in [-0.2, -0.15) is 0 Å². The Morgan fingerprint density at radius 3 is 2.66 bits per heavy atom. The summed E-state index contributed by atoms with van der Waals surface area (Å²) in [6, 6.07) is 7.73. The molecule has 0 aliphatic carbocycles. The Balaban J connectivity index is 0.00000300. The maximum absolute atomic E-state index is 13.2. The molecule has 2 N–H and O–H groups in total. The van der Waals surface area contributed by atoms with E-state index in [0.29, 0.717) is 12.5 Å². The first kappa shape index (κ1) is 23.5. The number of likely N-dealkylation sites (tertiary alicyclic amines) is 1. The van der Waals surface area contributed by atoms with Crippen molar-refractivity contribution in [2.75, 3.05) is 26.7 Å². The zero-order valence-electron chi connectivity index (χ0n) is 17.6. The lowest BCUT2D eigenvalue weighted by Crippen LogP contribution is -2.50. The third kappa shape index (κ3) is 5.43. The lowest BCUT2D eigenvalue weighted by atomic mass is 9.90. The topological polar surface area (TPSA) is 70.7 Å². The summed E-state index contributed by atoms with van der Waals surface area (Å²) < 4.78 is 5.27. The highest BCUT2D eigenvalue weighted by Gasteiger charge is 2.44. The molecular weight excluding hydrogens is 390 g/mol. The van der Waals surface area contributed by atoms with Crippen LogP contribution in [0.25, 0.3) is 0 Å². The Morgan fingerprint density at radius 1 is 1.31 bits per heavy atom. The molecule has 6 nitrogen and oxygen atoms in total. The van der Waals surface area contributed by atoms with Crippen molar-refractivity contribution in [2.24, 2.45) is 11.8 Å². The number of carbonyl (C=O) groups is 2. The van der Waals surface area contributed by atoms with Gasteiger partial charge in [0.25, 0.3) is 0 Å². The lowest BCUT2D eigenvalue weighted by molar-refractivity contribution is -0.129. The number of benzene rings is 1. The van der Waals surface area contributed by atoms with Gasteiger partial charge in [-0.05, 0) is 49.5 Å². The summed E-state index contributed by atoms with van der Waals surface area (Å²) in [5, 5.41) is 6.61. The average Bonchev–Trinajstić information content (AvgIpc) is 3.04. The predicted octanol–water partition coefficient (Wildman–Crippen LogP) is 2.92. The molecule has 4 unspecified atom stereocenters. The lowest BCUT2D eigenvalue weighted by Gasteiger charge is -2.33. The molecule has 2 aliphatic rings. The van der Waals surface area contributed by atoms with Crippen molar-refractivity contribution in [1.29, 1.82) is 0 Å². The van der Waals surface area contributed by atoms with Gasteiger partial charge >= 0.3 is 0 Å². The summed E-state index contributed by atoms with van der Waals surface area (Å²) in [6.45, 7) is 6.80. The molecule has 29 heavy (non-hydrogen) atoms. The molecule has 162 valence electrons. The van der Waals surface area contributed by atoms with Crippen LogP contribution in [0.1, 0.15) is 51.1 Å². The molecule has 0 bridgehead atoms. The van der Waals surface area contributed by atoms with Gasteiger partial charge in [-0.3, -0.25) is 9.59 Å². The van der Waals surface area contributed by atoms with Gasteiger partial charge in [-0.15, -0.1) is 12.4 Å². The monoisotopic (exact) mass is 423 g/mol. The molecule has 7 heteroatoms. The molecular formula is C22H34ClN3O3. The highest BCUT2D eigenvalue weighted by atomic mass is 35.5. The number of piperidine rings is 1. The van der Waals surface area contributed by atoms with Crippen LogP contribution in [0.5, 0.6) is 5.75 Å². The molecule has 2 saturated heterocycles. The Bertz CT molecular complexity index is 682. The Hall–Kier alpha value is -1.79. The van der Waals surface area contributed by atoms with E-state index in [9.17, 15) is 9.59 Å². The van der Waals surface area contributed by atoms with Gasteiger partial charge in [0.2, 0.25) is 11.8 Å². The number of ether oxygens (including phenoxy) is 1. The van der Waals surface area contributed by atoms with Gasteiger partial charge in [0.15, 0.2) is 0 Å². The molecule has 2 amide bonds. The number of hydrogen-bond donors (Lipinski definition) is 2. The standard InChI is InChI=1S/C22H33N3O3.ClH/c1-4-5-12-25-20(26)13-18(21(25)16-6-8-17(28-3)9-7-16)22(27)24-19-10-11-23-14-15(19)2;/h6-9,15,18-19,21,23H,4-5,10-14H2,1-3H3,(H,24,27);1H. The van der Waals surface area contributed by atoms with Crippen molar-refractivity contribution >= 4 is 24.2 Å². The Morgan fingerprint density at radius 2 is 2.03 bits per heavy atom. The van der Waals surface area contributed by atoms with E-state index in [0.717, 1.165) is 43.7 Å². The van der Waals surface area contributed by atoms with Crippen LogP contribution in [-0.4, -0.2) is 49.5 Å². The SMILES string of the molecule is CCCCN1C(=O)CC(C(=O)NC2CCNCC2C)C1c1ccc(OC)cc1.Cl. The summed E-state index contributed by atoms with van der Waals surface area (Å²) in [6.07, 6.45) is 3.17. The number of rotatable bonds is 7. The summed E-state index contributed by atoms with van der Waals surface area (Å²) in [4.78, 5) is 27.9. The van der Waals surface area contributed by atoms with E-state index in [4.69, 9.17) is 4.74 Å². The molecule has 2 fully saturated rings. The fourth-order valence-corrected chi connectivity index (χ4v) is 4.35. The zero-order valence-corrected chi connectivity index (χ0v) is 18.5. The first-order valence-corrected chi connectivity index (χ1v) is 10.5. The van der Waals surface area contributed by atoms with Gasteiger partial charge in [-0.25, -0.2) is 0 Å². The minimum atomic E-state index is -0.347. The minimum Gasteiger partial charge on any atom is -0.497 e. The fraction of sp³-hybridized carbons (Fsp3) is 0.636. The molecule has 0 aromatic heterocycles. The average molecular weight is 424 g/mol. The summed E-state index contributed by atoms with van der Waals surface area (Å²) in [5.41, 5.74) is 1.00. The normalized spacial score (nSPS) is 26.7. The van der Waals surface area contributed by atoms with Crippen molar-refractivity contribution in [3.05, 3.63) is 29.8 Å². The van der Waals surface area contributed by atoms with Crippen molar-refractivity contribution < 1.29 is 14.3 Å². The van der Waals surface area contributed by atoms with E-state index in [1.807, 2.05) is 29.2 Å². The van der Waals surface area contributed by atoms with Crippen molar-refractivity contribution in [3.63, 3.8) is 0 Å². The number of halogens is 1. The van der Waals surface area contributed by atoms with Crippen molar-refractivity contribution in [1.82, 2.24) is 15.5 Å². The number of carbonyl (C=O) groups excluding carboxylic acids is 2. The molecule has 2 heterocycles. The quantitative estimate of drug-likeness (QED) is 0.707.